The minimum Gasteiger partial charge on any atom is -0.351 e. The molecule has 1 aliphatic heterocycles. The average Bonchev–Trinajstić information content (AvgIpc) is 2.45. The monoisotopic (exact) mass is 258 g/mol. The van der Waals surface area contributed by atoms with E-state index in [4.69, 9.17) is 0 Å². The molecule has 0 aromatic carbocycles. The SMILES string of the molecule is CCCN(c1nc(C)ccc1C#N)C1CCCNC1. The molecule has 1 N–H and O–H groups in total. The van der Waals surface area contributed by atoms with Gasteiger partial charge in [-0.1, -0.05) is 6.92 Å². The van der Waals surface area contributed by atoms with Crippen LogP contribution in [0.15, 0.2) is 12.1 Å². The molecule has 19 heavy (non-hydrogen) atoms. The second kappa shape index (κ2) is 6.53. The number of hydrogen-bond acceptors (Lipinski definition) is 4. The smallest absolute Gasteiger partial charge is 0.147 e. The van der Waals surface area contributed by atoms with Gasteiger partial charge in [0.05, 0.1) is 5.56 Å². The van der Waals surface area contributed by atoms with Gasteiger partial charge in [-0.15, -0.1) is 0 Å². The first-order valence-electron chi connectivity index (χ1n) is 7.11. The van der Waals surface area contributed by atoms with Crippen molar-refractivity contribution in [2.24, 2.45) is 0 Å². The molecule has 0 bridgehead atoms. The van der Waals surface area contributed by atoms with Crippen molar-refractivity contribution in [3.05, 3.63) is 23.4 Å². The summed E-state index contributed by atoms with van der Waals surface area (Å²) in [5.74, 6) is 0.859. The summed E-state index contributed by atoms with van der Waals surface area (Å²) >= 11 is 0. The van der Waals surface area contributed by atoms with E-state index in [1.807, 2.05) is 19.1 Å². The van der Waals surface area contributed by atoms with E-state index < -0.39 is 0 Å². The van der Waals surface area contributed by atoms with Crippen LogP contribution in [0.1, 0.15) is 37.4 Å². The third-order valence-electron chi connectivity index (χ3n) is 3.58. The summed E-state index contributed by atoms with van der Waals surface area (Å²) in [5, 5.41) is 12.7. The molecule has 0 radical (unpaired) electrons. The van der Waals surface area contributed by atoms with Crippen molar-refractivity contribution >= 4 is 5.82 Å². The van der Waals surface area contributed by atoms with Crippen molar-refractivity contribution < 1.29 is 0 Å². The van der Waals surface area contributed by atoms with Crippen LogP contribution in [0, 0.1) is 18.3 Å². The van der Waals surface area contributed by atoms with E-state index in [1.54, 1.807) is 0 Å². The highest BCUT2D eigenvalue weighted by atomic mass is 15.2. The van der Waals surface area contributed by atoms with Gasteiger partial charge in [-0.05, 0) is 44.9 Å². The second-order valence-corrected chi connectivity index (χ2v) is 5.13. The van der Waals surface area contributed by atoms with Gasteiger partial charge in [-0.25, -0.2) is 4.98 Å². The lowest BCUT2D eigenvalue weighted by molar-refractivity contribution is 0.428. The van der Waals surface area contributed by atoms with Crippen LogP contribution in [0.2, 0.25) is 0 Å². The summed E-state index contributed by atoms with van der Waals surface area (Å²) in [4.78, 5) is 6.93. The first-order valence-corrected chi connectivity index (χ1v) is 7.11. The number of aryl methyl sites for hydroxylation is 1. The number of hydrogen-bond donors (Lipinski definition) is 1. The number of pyridine rings is 1. The topological polar surface area (TPSA) is 52.0 Å². The third kappa shape index (κ3) is 3.24. The van der Waals surface area contributed by atoms with Gasteiger partial charge in [0.25, 0.3) is 0 Å². The molecule has 0 saturated carbocycles. The van der Waals surface area contributed by atoms with Crippen molar-refractivity contribution in [3.8, 4) is 6.07 Å². The van der Waals surface area contributed by atoms with Gasteiger partial charge in [0, 0.05) is 24.8 Å². The molecule has 1 atom stereocenters. The highest BCUT2D eigenvalue weighted by Gasteiger charge is 2.23. The molecule has 1 unspecified atom stereocenters. The van der Waals surface area contributed by atoms with Crippen molar-refractivity contribution in [2.45, 2.75) is 39.2 Å². The van der Waals surface area contributed by atoms with Gasteiger partial charge in [0.2, 0.25) is 0 Å². The molecule has 1 saturated heterocycles. The lowest BCUT2D eigenvalue weighted by Crippen LogP contribution is -2.47. The molecule has 4 nitrogen and oxygen atoms in total. The van der Waals surface area contributed by atoms with Gasteiger partial charge >= 0.3 is 0 Å². The van der Waals surface area contributed by atoms with Crippen molar-refractivity contribution in [1.29, 1.82) is 5.26 Å². The van der Waals surface area contributed by atoms with Crippen LogP contribution in [0.5, 0.6) is 0 Å². The maximum absolute atomic E-state index is 9.29. The quantitative estimate of drug-likeness (QED) is 0.900. The maximum Gasteiger partial charge on any atom is 0.147 e. The number of anilines is 1. The molecule has 1 aromatic rings. The average molecular weight is 258 g/mol. The minimum atomic E-state index is 0.454. The van der Waals surface area contributed by atoms with Crippen LogP contribution in [0.25, 0.3) is 0 Å². The lowest BCUT2D eigenvalue weighted by Gasteiger charge is -2.36. The molecule has 1 fully saturated rings. The Morgan fingerprint density at radius 3 is 3.00 bits per heavy atom. The molecule has 4 heteroatoms. The Balaban J connectivity index is 2.32. The van der Waals surface area contributed by atoms with Gasteiger partial charge in [0.15, 0.2) is 0 Å². The Morgan fingerprint density at radius 2 is 2.37 bits per heavy atom. The fourth-order valence-electron chi connectivity index (χ4n) is 2.65. The molecular weight excluding hydrogens is 236 g/mol. The lowest BCUT2D eigenvalue weighted by atomic mass is 10.0. The fraction of sp³-hybridized carbons (Fsp3) is 0.600. The molecule has 0 aliphatic carbocycles. The van der Waals surface area contributed by atoms with Gasteiger partial charge in [-0.2, -0.15) is 5.26 Å². The molecule has 1 aliphatic rings. The van der Waals surface area contributed by atoms with E-state index in [0.717, 1.165) is 37.6 Å². The Morgan fingerprint density at radius 1 is 1.53 bits per heavy atom. The van der Waals surface area contributed by atoms with E-state index in [0.29, 0.717) is 11.6 Å². The van der Waals surface area contributed by atoms with Crippen LogP contribution < -0.4 is 10.2 Å². The number of nitriles is 1. The van der Waals surface area contributed by atoms with Crippen LogP contribution in [0.3, 0.4) is 0 Å². The number of piperidine rings is 1. The fourth-order valence-corrected chi connectivity index (χ4v) is 2.65. The molecule has 0 spiro atoms. The van der Waals surface area contributed by atoms with E-state index in [2.05, 4.69) is 28.2 Å². The molecule has 2 rings (SSSR count). The molecule has 102 valence electrons. The van der Waals surface area contributed by atoms with E-state index in [9.17, 15) is 5.26 Å². The van der Waals surface area contributed by atoms with Gasteiger partial charge in [-0.3, -0.25) is 0 Å². The first-order chi connectivity index (χ1) is 9.26. The number of nitrogens with zero attached hydrogens (tertiary/aromatic N) is 3. The van der Waals surface area contributed by atoms with Crippen LogP contribution in [-0.2, 0) is 0 Å². The standard InChI is InChI=1S/C15H22N4/c1-3-9-19(14-5-4-8-17-11-14)15-13(10-16)7-6-12(2)18-15/h6-7,14,17H,3-5,8-9,11H2,1-2H3. The summed E-state index contributed by atoms with van der Waals surface area (Å²) in [5.41, 5.74) is 1.66. The van der Waals surface area contributed by atoms with Crippen molar-refractivity contribution in [2.75, 3.05) is 24.5 Å². The highest BCUT2D eigenvalue weighted by Crippen LogP contribution is 2.23. The number of nitrogens with one attached hydrogen (secondary N) is 1. The molecule has 2 heterocycles. The Hall–Kier alpha value is -1.60. The van der Waals surface area contributed by atoms with Gasteiger partial charge in [0.1, 0.15) is 11.9 Å². The Bertz CT molecular complexity index is 458. The zero-order chi connectivity index (χ0) is 13.7. The number of aromatic nitrogens is 1. The second-order valence-electron chi connectivity index (χ2n) is 5.13. The highest BCUT2D eigenvalue weighted by molar-refractivity contribution is 5.55. The van der Waals surface area contributed by atoms with E-state index in [-0.39, 0.29) is 0 Å². The normalized spacial score (nSPS) is 18.9. The first kappa shape index (κ1) is 13.8. The summed E-state index contributed by atoms with van der Waals surface area (Å²) in [6, 6.07) is 6.52. The minimum absolute atomic E-state index is 0.454. The predicted octanol–water partition coefficient (Wildman–Crippen LogP) is 2.23. The summed E-state index contributed by atoms with van der Waals surface area (Å²) in [6.45, 7) is 7.19. The summed E-state index contributed by atoms with van der Waals surface area (Å²) in [7, 11) is 0. The summed E-state index contributed by atoms with van der Waals surface area (Å²) in [6.07, 6.45) is 3.43. The predicted molar refractivity (Wildman–Crippen MR) is 77.2 cm³/mol. The Kier molecular flexibility index (Phi) is 4.75. The largest absolute Gasteiger partial charge is 0.351 e. The van der Waals surface area contributed by atoms with E-state index >= 15 is 0 Å². The zero-order valence-corrected chi connectivity index (χ0v) is 11.8. The van der Waals surface area contributed by atoms with E-state index in [1.165, 1.54) is 12.8 Å². The third-order valence-corrected chi connectivity index (χ3v) is 3.58. The van der Waals surface area contributed by atoms with Crippen molar-refractivity contribution in [3.63, 3.8) is 0 Å². The number of rotatable bonds is 4. The van der Waals surface area contributed by atoms with Crippen LogP contribution in [0.4, 0.5) is 5.82 Å². The van der Waals surface area contributed by atoms with Crippen molar-refractivity contribution in [1.82, 2.24) is 10.3 Å². The van der Waals surface area contributed by atoms with Crippen LogP contribution in [-0.4, -0.2) is 30.7 Å². The Labute approximate surface area is 115 Å². The zero-order valence-electron chi connectivity index (χ0n) is 11.8. The molecule has 1 aromatic heterocycles. The molecule has 0 amide bonds. The molecular formula is C15H22N4. The van der Waals surface area contributed by atoms with Crippen LogP contribution >= 0.6 is 0 Å². The van der Waals surface area contributed by atoms with Gasteiger partial charge < -0.3 is 10.2 Å². The summed E-state index contributed by atoms with van der Waals surface area (Å²) < 4.78 is 0. The maximum atomic E-state index is 9.29.